The zero-order chi connectivity index (χ0) is 23.5. The van der Waals surface area contributed by atoms with Crippen LogP contribution in [-0.4, -0.2) is 39.1 Å². The SMILES string of the molecule is Cc1cc(CC(=O)Nc2cc(C3CCC(OC(=O)NC(C)C)CC3)nn2C(C)(C)C)on1. The Balaban J connectivity index is 1.64. The van der Waals surface area contributed by atoms with Crippen LogP contribution in [0.4, 0.5) is 10.6 Å². The minimum atomic E-state index is -0.354. The Hall–Kier alpha value is -2.84. The van der Waals surface area contributed by atoms with E-state index in [1.54, 1.807) is 6.07 Å². The highest BCUT2D eigenvalue weighted by atomic mass is 16.6. The zero-order valence-corrected chi connectivity index (χ0v) is 19.9. The molecule has 0 aliphatic heterocycles. The number of hydrogen-bond donors (Lipinski definition) is 2. The Morgan fingerprint density at radius 2 is 1.91 bits per heavy atom. The number of amides is 2. The molecule has 0 spiro atoms. The summed E-state index contributed by atoms with van der Waals surface area (Å²) in [6.07, 6.45) is 3.05. The Morgan fingerprint density at radius 1 is 1.22 bits per heavy atom. The number of ether oxygens (including phenoxy) is 1. The molecule has 2 aromatic rings. The van der Waals surface area contributed by atoms with Gasteiger partial charge in [0.05, 0.1) is 23.3 Å². The smallest absolute Gasteiger partial charge is 0.407 e. The summed E-state index contributed by atoms with van der Waals surface area (Å²) in [5, 5.41) is 14.4. The van der Waals surface area contributed by atoms with Crippen molar-refractivity contribution in [2.24, 2.45) is 0 Å². The number of aryl methyl sites for hydroxylation is 1. The number of hydrogen-bond acceptors (Lipinski definition) is 6. The molecule has 0 saturated heterocycles. The van der Waals surface area contributed by atoms with Gasteiger partial charge in [0.1, 0.15) is 17.7 Å². The molecule has 9 heteroatoms. The van der Waals surface area contributed by atoms with Crippen LogP contribution in [0.1, 0.15) is 83.4 Å². The number of nitrogens with zero attached hydrogens (tertiary/aromatic N) is 3. The summed E-state index contributed by atoms with van der Waals surface area (Å²) < 4.78 is 12.6. The normalized spacial score (nSPS) is 19.1. The monoisotopic (exact) mass is 445 g/mol. The van der Waals surface area contributed by atoms with Crippen LogP contribution in [0.3, 0.4) is 0 Å². The van der Waals surface area contributed by atoms with Gasteiger partial charge in [-0.25, -0.2) is 9.48 Å². The topological polar surface area (TPSA) is 111 Å². The molecule has 0 radical (unpaired) electrons. The number of aromatic nitrogens is 3. The molecule has 2 N–H and O–H groups in total. The quantitative estimate of drug-likeness (QED) is 0.687. The molecule has 9 nitrogen and oxygen atoms in total. The highest BCUT2D eigenvalue weighted by Gasteiger charge is 2.29. The molecule has 0 bridgehead atoms. The largest absolute Gasteiger partial charge is 0.446 e. The van der Waals surface area contributed by atoms with Gasteiger partial charge in [-0.15, -0.1) is 0 Å². The highest BCUT2D eigenvalue weighted by molar-refractivity contribution is 5.91. The minimum Gasteiger partial charge on any atom is -0.446 e. The van der Waals surface area contributed by atoms with Gasteiger partial charge in [0.2, 0.25) is 5.91 Å². The van der Waals surface area contributed by atoms with Crippen LogP contribution in [0.5, 0.6) is 0 Å². The summed E-state index contributed by atoms with van der Waals surface area (Å²) >= 11 is 0. The third-order valence-electron chi connectivity index (χ3n) is 5.42. The van der Waals surface area contributed by atoms with Crippen LogP contribution in [0.2, 0.25) is 0 Å². The van der Waals surface area contributed by atoms with Crippen molar-refractivity contribution in [3.05, 3.63) is 29.3 Å². The van der Waals surface area contributed by atoms with E-state index in [0.29, 0.717) is 11.6 Å². The van der Waals surface area contributed by atoms with Gasteiger partial charge in [-0.05, 0) is 67.2 Å². The second-order valence-corrected chi connectivity index (χ2v) is 9.87. The molecule has 0 aromatic carbocycles. The first kappa shape index (κ1) is 23.8. The van der Waals surface area contributed by atoms with E-state index in [9.17, 15) is 9.59 Å². The van der Waals surface area contributed by atoms with Crippen molar-refractivity contribution in [2.45, 2.75) is 97.2 Å². The van der Waals surface area contributed by atoms with Gasteiger partial charge >= 0.3 is 6.09 Å². The van der Waals surface area contributed by atoms with Crippen molar-refractivity contribution in [3.8, 4) is 0 Å². The maximum absolute atomic E-state index is 12.6. The summed E-state index contributed by atoms with van der Waals surface area (Å²) in [4.78, 5) is 24.5. The third-order valence-corrected chi connectivity index (χ3v) is 5.42. The molecule has 1 aliphatic carbocycles. The van der Waals surface area contributed by atoms with E-state index in [-0.39, 0.29) is 42.0 Å². The second-order valence-electron chi connectivity index (χ2n) is 9.87. The number of alkyl carbamates (subject to hydrolysis) is 1. The van der Waals surface area contributed by atoms with E-state index in [2.05, 4.69) is 36.6 Å². The van der Waals surface area contributed by atoms with E-state index in [1.807, 2.05) is 31.5 Å². The third kappa shape index (κ3) is 6.34. The van der Waals surface area contributed by atoms with Gasteiger partial charge in [0, 0.05) is 24.1 Å². The van der Waals surface area contributed by atoms with Crippen molar-refractivity contribution in [3.63, 3.8) is 0 Å². The van der Waals surface area contributed by atoms with Crippen molar-refractivity contribution in [2.75, 3.05) is 5.32 Å². The molecule has 2 aromatic heterocycles. The zero-order valence-electron chi connectivity index (χ0n) is 19.9. The summed E-state index contributed by atoms with van der Waals surface area (Å²) in [6, 6.07) is 3.78. The average Bonchev–Trinajstić information content (AvgIpc) is 3.27. The molecule has 0 unspecified atom stereocenters. The summed E-state index contributed by atoms with van der Waals surface area (Å²) in [5.74, 6) is 1.29. The van der Waals surface area contributed by atoms with E-state index in [4.69, 9.17) is 14.4 Å². The van der Waals surface area contributed by atoms with E-state index < -0.39 is 0 Å². The van der Waals surface area contributed by atoms with Crippen LogP contribution in [0.25, 0.3) is 0 Å². The maximum Gasteiger partial charge on any atom is 0.407 e. The molecule has 1 aliphatic rings. The Kier molecular flexibility index (Phi) is 7.26. The Bertz CT molecular complexity index is 933. The summed E-state index contributed by atoms with van der Waals surface area (Å²) in [6.45, 7) is 11.8. The van der Waals surface area contributed by atoms with Gasteiger partial charge in [0.15, 0.2) is 0 Å². The van der Waals surface area contributed by atoms with Gasteiger partial charge < -0.3 is 19.9 Å². The lowest BCUT2D eigenvalue weighted by molar-refractivity contribution is -0.115. The van der Waals surface area contributed by atoms with Crippen LogP contribution in [-0.2, 0) is 21.5 Å². The van der Waals surface area contributed by atoms with E-state index in [1.165, 1.54) is 0 Å². The molecule has 2 heterocycles. The molecule has 1 saturated carbocycles. The molecule has 0 atom stereocenters. The van der Waals surface area contributed by atoms with Crippen LogP contribution in [0, 0.1) is 6.92 Å². The lowest BCUT2D eigenvalue weighted by atomic mass is 9.85. The van der Waals surface area contributed by atoms with Gasteiger partial charge in [-0.3, -0.25) is 4.79 Å². The number of anilines is 1. The number of carbonyl (C=O) groups excluding carboxylic acids is 2. The Morgan fingerprint density at radius 3 is 2.47 bits per heavy atom. The van der Waals surface area contributed by atoms with Crippen LogP contribution >= 0.6 is 0 Å². The summed E-state index contributed by atoms with van der Waals surface area (Å²) in [5.41, 5.74) is 1.41. The first-order chi connectivity index (χ1) is 15.0. The number of carbonyl (C=O) groups is 2. The predicted molar refractivity (Wildman–Crippen MR) is 121 cm³/mol. The minimum absolute atomic E-state index is 0.0573. The fourth-order valence-corrected chi connectivity index (χ4v) is 3.94. The number of rotatable bonds is 6. The molecular weight excluding hydrogens is 410 g/mol. The second kappa shape index (κ2) is 9.75. The lowest BCUT2D eigenvalue weighted by Gasteiger charge is -2.28. The van der Waals surface area contributed by atoms with Crippen molar-refractivity contribution < 1.29 is 18.8 Å². The first-order valence-corrected chi connectivity index (χ1v) is 11.3. The molecule has 3 rings (SSSR count). The van der Waals surface area contributed by atoms with E-state index in [0.717, 1.165) is 37.1 Å². The van der Waals surface area contributed by atoms with Crippen molar-refractivity contribution in [1.82, 2.24) is 20.3 Å². The molecule has 2 amide bonds. The fraction of sp³-hybridized carbons (Fsp3) is 0.652. The average molecular weight is 446 g/mol. The van der Waals surface area contributed by atoms with Crippen LogP contribution < -0.4 is 10.6 Å². The van der Waals surface area contributed by atoms with Crippen molar-refractivity contribution >= 4 is 17.8 Å². The fourth-order valence-electron chi connectivity index (χ4n) is 3.94. The van der Waals surface area contributed by atoms with Gasteiger partial charge in [-0.2, -0.15) is 5.10 Å². The van der Waals surface area contributed by atoms with Crippen molar-refractivity contribution in [1.29, 1.82) is 0 Å². The highest BCUT2D eigenvalue weighted by Crippen LogP contribution is 2.35. The maximum atomic E-state index is 12.6. The molecular formula is C23H35N5O4. The molecule has 32 heavy (non-hydrogen) atoms. The van der Waals surface area contributed by atoms with Gasteiger partial charge in [0.25, 0.3) is 0 Å². The lowest BCUT2D eigenvalue weighted by Crippen LogP contribution is -2.35. The first-order valence-electron chi connectivity index (χ1n) is 11.3. The Labute approximate surface area is 189 Å². The van der Waals surface area contributed by atoms with Gasteiger partial charge in [-0.1, -0.05) is 5.16 Å². The summed E-state index contributed by atoms with van der Waals surface area (Å²) in [7, 11) is 0. The standard InChI is InChI=1S/C23H35N5O4/c1-14(2)24-22(30)31-17-9-7-16(8-10-17)19-13-20(28(26-19)23(4,5)6)25-21(29)12-18-11-15(3)27-32-18/h11,13-14,16-17H,7-10,12H2,1-6H3,(H,24,30)(H,25,29). The van der Waals surface area contributed by atoms with E-state index >= 15 is 0 Å². The predicted octanol–water partition coefficient (Wildman–Crippen LogP) is 4.28. The molecule has 176 valence electrons. The van der Waals surface area contributed by atoms with Crippen LogP contribution in [0.15, 0.2) is 16.7 Å². The number of nitrogens with one attached hydrogen (secondary N) is 2. The molecule has 1 fully saturated rings.